The molecule has 5 heteroatoms. The summed E-state index contributed by atoms with van der Waals surface area (Å²) in [5.41, 5.74) is 5.99. The molecule has 0 bridgehead atoms. The fourth-order valence-corrected chi connectivity index (χ4v) is 12.4. The Balaban J connectivity index is 1.79. The summed E-state index contributed by atoms with van der Waals surface area (Å²) in [5, 5.41) is 2.97. The van der Waals surface area contributed by atoms with E-state index in [0.29, 0.717) is 0 Å². The van der Waals surface area contributed by atoms with Crippen LogP contribution in [0.25, 0.3) is 32.0 Å². The number of aryl methyl sites for hydroxylation is 5. The van der Waals surface area contributed by atoms with Gasteiger partial charge in [-0.15, -0.1) is 34.0 Å². The third-order valence-corrected chi connectivity index (χ3v) is 13.1. The van der Waals surface area contributed by atoms with Gasteiger partial charge in [-0.2, -0.15) is 0 Å². The van der Waals surface area contributed by atoms with Crippen molar-refractivity contribution in [3.05, 3.63) is 85.7 Å². The van der Waals surface area contributed by atoms with Crippen LogP contribution in [0, 0.1) is 34.6 Å². The second kappa shape index (κ2) is 7.90. The van der Waals surface area contributed by atoms with Gasteiger partial charge in [0.2, 0.25) is 0 Å². The Hall–Kier alpha value is -2.23. The first-order chi connectivity index (χ1) is 16.3. The van der Waals surface area contributed by atoms with Crippen LogP contribution in [-0.2, 0) is 4.57 Å². The standard InChI is InChI=1S/C29H25OPS3/c1-16-11-12-22-25(13-16)31(30,21-9-7-6-8-10-21)27-26(23-14-17(2)32-19(23)4)28(34-29(22)27)24-15-18(3)33-20(24)5/h6-15H,1-5H3. The molecule has 0 radical (unpaired) electrons. The smallest absolute Gasteiger partial charge is 0.173 e. The van der Waals surface area contributed by atoms with E-state index in [1.165, 1.54) is 46.0 Å². The molecule has 4 heterocycles. The van der Waals surface area contributed by atoms with Gasteiger partial charge in [0.1, 0.15) is 0 Å². The highest BCUT2D eigenvalue weighted by Gasteiger charge is 2.45. The predicted octanol–water partition coefficient (Wildman–Crippen LogP) is 8.37. The minimum Gasteiger partial charge on any atom is -0.309 e. The SMILES string of the molecule is Cc1ccc2c(c1)P(=O)(c1ccccc1)c1c-2sc(-c2cc(C)sc2C)c1-c1cc(C)sc1C. The fraction of sp³-hybridized carbons (Fsp3) is 0.172. The van der Waals surface area contributed by atoms with E-state index >= 15 is 4.57 Å². The number of hydrogen-bond donors (Lipinski definition) is 0. The molecule has 1 aliphatic rings. The Morgan fingerprint density at radius 1 is 0.647 bits per heavy atom. The second-order valence-electron chi connectivity index (χ2n) is 9.10. The van der Waals surface area contributed by atoms with Crippen LogP contribution in [0.2, 0.25) is 0 Å². The number of thiophene rings is 3. The molecule has 170 valence electrons. The lowest BCUT2D eigenvalue weighted by molar-refractivity contribution is 0.593. The molecule has 0 aliphatic carbocycles. The first-order valence-electron chi connectivity index (χ1n) is 11.4. The van der Waals surface area contributed by atoms with Gasteiger partial charge in [-0.25, -0.2) is 0 Å². The van der Waals surface area contributed by atoms with Crippen molar-refractivity contribution in [2.45, 2.75) is 34.6 Å². The summed E-state index contributed by atoms with van der Waals surface area (Å²) < 4.78 is 15.5. The maximum atomic E-state index is 15.5. The number of rotatable bonds is 3. The highest BCUT2D eigenvalue weighted by molar-refractivity contribution is 7.87. The molecule has 1 atom stereocenters. The van der Waals surface area contributed by atoms with Gasteiger partial charge in [0.05, 0.1) is 0 Å². The number of benzene rings is 2. The van der Waals surface area contributed by atoms with Gasteiger partial charge in [0.15, 0.2) is 7.14 Å². The highest BCUT2D eigenvalue weighted by atomic mass is 32.1. The van der Waals surface area contributed by atoms with E-state index in [0.717, 1.165) is 27.0 Å². The van der Waals surface area contributed by atoms with Crippen molar-refractivity contribution in [2.75, 3.05) is 0 Å². The van der Waals surface area contributed by atoms with Crippen LogP contribution in [0.3, 0.4) is 0 Å². The van der Waals surface area contributed by atoms with Crippen molar-refractivity contribution in [3.8, 4) is 32.0 Å². The molecule has 0 saturated heterocycles. The van der Waals surface area contributed by atoms with Crippen LogP contribution in [0.1, 0.15) is 25.1 Å². The van der Waals surface area contributed by atoms with Crippen LogP contribution in [-0.4, -0.2) is 0 Å². The topological polar surface area (TPSA) is 17.1 Å². The lowest BCUT2D eigenvalue weighted by Crippen LogP contribution is -2.21. The van der Waals surface area contributed by atoms with Gasteiger partial charge in [0.25, 0.3) is 0 Å². The fourth-order valence-electron chi connectivity index (χ4n) is 5.20. The van der Waals surface area contributed by atoms with E-state index in [4.69, 9.17) is 0 Å². The summed E-state index contributed by atoms with van der Waals surface area (Å²) in [7, 11) is -3.03. The quantitative estimate of drug-likeness (QED) is 0.216. The van der Waals surface area contributed by atoms with Gasteiger partial charge in [-0.05, 0) is 58.4 Å². The van der Waals surface area contributed by atoms with E-state index < -0.39 is 7.14 Å². The van der Waals surface area contributed by atoms with Crippen LogP contribution in [0.15, 0.2) is 60.7 Å². The lowest BCUT2D eigenvalue weighted by atomic mass is 10.0. The Labute approximate surface area is 213 Å². The zero-order chi connectivity index (χ0) is 23.8. The summed E-state index contributed by atoms with van der Waals surface area (Å²) in [4.78, 5) is 7.65. The van der Waals surface area contributed by atoms with E-state index in [2.05, 4.69) is 77.1 Å². The molecule has 1 aliphatic heterocycles. The average molecular weight is 517 g/mol. The van der Waals surface area contributed by atoms with Crippen LogP contribution >= 0.6 is 41.2 Å². The molecule has 0 saturated carbocycles. The molecule has 1 unspecified atom stereocenters. The van der Waals surface area contributed by atoms with Crippen molar-refractivity contribution in [2.24, 2.45) is 0 Å². The monoisotopic (exact) mass is 516 g/mol. The molecule has 2 aromatic carbocycles. The first-order valence-corrected chi connectivity index (χ1v) is 15.5. The van der Waals surface area contributed by atoms with E-state index in [-0.39, 0.29) is 0 Å². The zero-order valence-corrected chi connectivity index (χ0v) is 23.2. The summed E-state index contributed by atoms with van der Waals surface area (Å²) >= 11 is 5.49. The Morgan fingerprint density at radius 2 is 1.29 bits per heavy atom. The molecule has 0 amide bonds. The lowest BCUT2D eigenvalue weighted by Gasteiger charge is -2.18. The van der Waals surface area contributed by atoms with Crippen LogP contribution in [0.5, 0.6) is 0 Å². The minimum atomic E-state index is -3.03. The number of hydrogen-bond acceptors (Lipinski definition) is 4. The van der Waals surface area contributed by atoms with E-state index in [1.54, 1.807) is 0 Å². The summed E-state index contributed by atoms with van der Waals surface area (Å²) in [6.07, 6.45) is 0. The summed E-state index contributed by atoms with van der Waals surface area (Å²) in [6, 6.07) is 21.2. The number of fused-ring (bicyclic) bond motifs is 3. The molecule has 0 spiro atoms. The van der Waals surface area contributed by atoms with E-state index in [1.807, 2.05) is 52.2 Å². The molecular weight excluding hydrogens is 491 g/mol. The van der Waals surface area contributed by atoms with Crippen molar-refractivity contribution in [1.29, 1.82) is 0 Å². The normalized spacial score (nSPS) is 16.6. The first kappa shape index (κ1) is 22.2. The second-order valence-corrected chi connectivity index (χ2v) is 15.7. The van der Waals surface area contributed by atoms with Gasteiger partial charge >= 0.3 is 0 Å². The molecule has 34 heavy (non-hydrogen) atoms. The molecule has 0 fully saturated rings. The maximum absolute atomic E-state index is 15.5. The van der Waals surface area contributed by atoms with Gasteiger partial charge in [-0.3, -0.25) is 0 Å². The Kier molecular flexibility index (Phi) is 5.17. The van der Waals surface area contributed by atoms with Gasteiger partial charge < -0.3 is 4.57 Å². The largest absolute Gasteiger partial charge is 0.309 e. The summed E-state index contributed by atoms with van der Waals surface area (Å²) in [5.74, 6) is 0. The highest BCUT2D eigenvalue weighted by Crippen LogP contribution is 2.60. The molecule has 6 rings (SSSR count). The Morgan fingerprint density at radius 3 is 1.91 bits per heavy atom. The van der Waals surface area contributed by atoms with Crippen LogP contribution in [0.4, 0.5) is 0 Å². The van der Waals surface area contributed by atoms with Crippen molar-refractivity contribution in [1.82, 2.24) is 0 Å². The minimum absolute atomic E-state index is 0.925. The third kappa shape index (κ3) is 3.13. The average Bonchev–Trinajstić information content (AvgIpc) is 3.51. The molecule has 5 aromatic rings. The van der Waals surface area contributed by atoms with Crippen LogP contribution < -0.4 is 15.9 Å². The molecule has 3 aromatic heterocycles. The van der Waals surface area contributed by atoms with Gasteiger partial charge in [-0.1, -0.05) is 48.0 Å². The maximum Gasteiger partial charge on any atom is 0.173 e. The predicted molar refractivity (Wildman–Crippen MR) is 153 cm³/mol. The van der Waals surface area contributed by atoms with Crippen molar-refractivity contribution >= 4 is 57.1 Å². The zero-order valence-electron chi connectivity index (χ0n) is 19.9. The molecule has 0 N–H and O–H groups in total. The third-order valence-electron chi connectivity index (χ3n) is 6.65. The van der Waals surface area contributed by atoms with Crippen molar-refractivity contribution in [3.63, 3.8) is 0 Å². The Bertz CT molecular complexity index is 1630. The van der Waals surface area contributed by atoms with E-state index in [9.17, 15) is 0 Å². The summed E-state index contributed by atoms with van der Waals surface area (Å²) in [6.45, 7) is 10.9. The van der Waals surface area contributed by atoms with Gasteiger partial charge in [0, 0.05) is 61.9 Å². The molecular formula is C29H25OPS3. The molecule has 1 nitrogen and oxygen atoms in total. The van der Waals surface area contributed by atoms with Crippen molar-refractivity contribution < 1.29 is 4.57 Å².